The summed E-state index contributed by atoms with van der Waals surface area (Å²) in [5.41, 5.74) is -0.0432. The number of nitrogens with one attached hydrogen (secondary N) is 1. The third kappa shape index (κ3) is 4.66. The number of hydrogen-bond donors (Lipinski definition) is 2. The van der Waals surface area contributed by atoms with E-state index in [0.717, 1.165) is 25.7 Å². The number of likely N-dealkylation sites (tertiary alicyclic amines) is 1. The van der Waals surface area contributed by atoms with Crippen molar-refractivity contribution in [2.24, 2.45) is 5.92 Å². The van der Waals surface area contributed by atoms with Crippen molar-refractivity contribution in [2.75, 3.05) is 20.3 Å². The van der Waals surface area contributed by atoms with Crippen molar-refractivity contribution in [2.45, 2.75) is 58.2 Å². The van der Waals surface area contributed by atoms with E-state index in [1.807, 2.05) is 13.8 Å². The van der Waals surface area contributed by atoms with Crippen LogP contribution in [0.2, 0.25) is 0 Å². The molecule has 0 radical (unpaired) electrons. The summed E-state index contributed by atoms with van der Waals surface area (Å²) in [4.78, 5) is 40.5. The zero-order chi connectivity index (χ0) is 23.7. The van der Waals surface area contributed by atoms with Crippen molar-refractivity contribution in [3.63, 3.8) is 0 Å². The lowest BCUT2D eigenvalue weighted by molar-refractivity contribution is -0.127. The molecule has 4 rings (SSSR count). The Morgan fingerprint density at radius 3 is 2.76 bits per heavy atom. The average molecular weight is 458 g/mol. The van der Waals surface area contributed by atoms with Crippen LogP contribution < -0.4 is 10.9 Å². The van der Waals surface area contributed by atoms with Gasteiger partial charge < -0.3 is 20.1 Å². The molecule has 2 aromatic rings. The molecule has 1 atom stereocenters. The predicted octanol–water partition coefficient (Wildman–Crippen LogP) is 1.40. The van der Waals surface area contributed by atoms with Crippen molar-refractivity contribution < 1.29 is 19.4 Å². The number of hydrogen-bond acceptors (Lipinski definition) is 6. The number of fused-ring (bicyclic) bond motifs is 1. The van der Waals surface area contributed by atoms with E-state index in [1.165, 1.54) is 21.4 Å². The molecule has 10 heteroatoms. The summed E-state index contributed by atoms with van der Waals surface area (Å²) in [7, 11) is 1.62. The molecule has 2 fully saturated rings. The van der Waals surface area contributed by atoms with Gasteiger partial charge in [0.2, 0.25) is 11.8 Å². The van der Waals surface area contributed by atoms with Crippen LogP contribution in [-0.2, 0) is 16.1 Å². The maximum Gasteiger partial charge on any atom is 0.270 e. The maximum atomic E-state index is 13.3. The summed E-state index contributed by atoms with van der Waals surface area (Å²) in [6.45, 7) is 5.40. The fourth-order valence-corrected chi connectivity index (χ4v) is 4.30. The van der Waals surface area contributed by atoms with Gasteiger partial charge in [-0.15, -0.1) is 0 Å². The Hall–Kier alpha value is -3.14. The Morgan fingerprint density at radius 2 is 2.09 bits per heavy atom. The van der Waals surface area contributed by atoms with Crippen LogP contribution in [0.3, 0.4) is 0 Å². The number of ether oxygens (including phenoxy) is 1. The van der Waals surface area contributed by atoms with Gasteiger partial charge in [-0.25, -0.2) is 0 Å². The fraction of sp³-hybridized carbons (Fsp3) is 0.565. The van der Waals surface area contributed by atoms with Crippen molar-refractivity contribution in [3.8, 4) is 5.88 Å². The maximum absolute atomic E-state index is 13.3. The molecule has 33 heavy (non-hydrogen) atoms. The molecule has 0 aromatic carbocycles. The SMILES string of the molecule is COC[C@H]1CCCN1C(=O)/C=C/c1cnn2c(O)c(C(=O)NC3CC3)c(=O)n(CC(C)C)c12. The second-order valence-electron chi connectivity index (χ2n) is 9.21. The highest BCUT2D eigenvalue weighted by Crippen LogP contribution is 2.24. The van der Waals surface area contributed by atoms with Gasteiger partial charge in [-0.3, -0.25) is 19.0 Å². The molecule has 1 aliphatic heterocycles. The number of nitrogens with zero attached hydrogens (tertiary/aromatic N) is 4. The highest BCUT2D eigenvalue weighted by atomic mass is 16.5. The van der Waals surface area contributed by atoms with E-state index >= 15 is 0 Å². The number of methoxy groups -OCH3 is 1. The largest absolute Gasteiger partial charge is 0.492 e. The third-order valence-electron chi connectivity index (χ3n) is 6.02. The molecule has 178 valence electrons. The molecule has 2 N–H and O–H groups in total. The molecule has 1 saturated heterocycles. The molecule has 1 saturated carbocycles. The molecular formula is C23H31N5O5. The van der Waals surface area contributed by atoms with Crippen LogP contribution in [0.5, 0.6) is 5.88 Å². The van der Waals surface area contributed by atoms with Crippen LogP contribution in [0.15, 0.2) is 17.1 Å². The van der Waals surface area contributed by atoms with Gasteiger partial charge in [-0.2, -0.15) is 9.61 Å². The van der Waals surface area contributed by atoms with Crippen molar-refractivity contribution in [1.29, 1.82) is 0 Å². The van der Waals surface area contributed by atoms with Gasteiger partial charge >= 0.3 is 0 Å². The summed E-state index contributed by atoms with van der Waals surface area (Å²) in [6.07, 6.45) is 8.10. The van der Waals surface area contributed by atoms with Crippen molar-refractivity contribution in [3.05, 3.63) is 33.8 Å². The highest BCUT2D eigenvalue weighted by Gasteiger charge is 2.30. The van der Waals surface area contributed by atoms with E-state index in [-0.39, 0.29) is 29.5 Å². The first-order chi connectivity index (χ1) is 15.8. The van der Waals surface area contributed by atoms with Gasteiger partial charge in [0, 0.05) is 37.9 Å². The van der Waals surface area contributed by atoms with E-state index in [0.29, 0.717) is 30.9 Å². The Bertz CT molecular complexity index is 1140. The number of rotatable bonds is 8. The number of aromatic hydroxyl groups is 1. The van der Waals surface area contributed by atoms with E-state index in [2.05, 4.69) is 10.4 Å². The number of aromatic nitrogens is 3. The van der Waals surface area contributed by atoms with Gasteiger partial charge in [-0.1, -0.05) is 13.8 Å². The van der Waals surface area contributed by atoms with Crippen molar-refractivity contribution in [1.82, 2.24) is 24.4 Å². The molecule has 1 aliphatic carbocycles. The summed E-state index contributed by atoms with van der Waals surface area (Å²) >= 11 is 0. The van der Waals surface area contributed by atoms with Crippen LogP contribution in [0, 0.1) is 5.92 Å². The fourth-order valence-electron chi connectivity index (χ4n) is 4.30. The van der Waals surface area contributed by atoms with Gasteiger partial charge in [-0.05, 0) is 37.7 Å². The first-order valence-electron chi connectivity index (χ1n) is 11.4. The summed E-state index contributed by atoms with van der Waals surface area (Å²) in [6, 6.07) is 0.0898. The Balaban J connectivity index is 1.72. The monoisotopic (exact) mass is 457 g/mol. The Kier molecular flexibility index (Phi) is 6.55. The first-order valence-corrected chi connectivity index (χ1v) is 11.4. The van der Waals surface area contributed by atoms with Gasteiger partial charge in [0.25, 0.3) is 11.5 Å². The lowest BCUT2D eigenvalue weighted by Gasteiger charge is -2.22. The van der Waals surface area contributed by atoms with Crippen LogP contribution in [0.1, 0.15) is 55.5 Å². The minimum Gasteiger partial charge on any atom is -0.492 e. The summed E-state index contributed by atoms with van der Waals surface area (Å²) in [5, 5.41) is 17.7. The number of amides is 2. The van der Waals surface area contributed by atoms with E-state index < -0.39 is 17.3 Å². The second-order valence-corrected chi connectivity index (χ2v) is 9.21. The lowest BCUT2D eigenvalue weighted by Crippen LogP contribution is -2.37. The minimum atomic E-state index is -0.597. The first kappa shape index (κ1) is 23.0. The molecule has 2 amide bonds. The summed E-state index contributed by atoms with van der Waals surface area (Å²) in [5.74, 6) is -1.14. The third-order valence-corrected chi connectivity index (χ3v) is 6.02. The lowest BCUT2D eigenvalue weighted by atomic mass is 10.2. The van der Waals surface area contributed by atoms with E-state index in [4.69, 9.17) is 4.74 Å². The van der Waals surface area contributed by atoms with E-state index in [1.54, 1.807) is 18.1 Å². The molecule has 2 aliphatic rings. The predicted molar refractivity (Wildman–Crippen MR) is 122 cm³/mol. The minimum absolute atomic E-state index is 0.0418. The van der Waals surface area contributed by atoms with E-state index in [9.17, 15) is 19.5 Å². The smallest absolute Gasteiger partial charge is 0.270 e. The van der Waals surface area contributed by atoms with Crippen molar-refractivity contribution >= 4 is 23.5 Å². The second kappa shape index (κ2) is 9.38. The number of carbonyl (C=O) groups excluding carboxylic acids is 2. The zero-order valence-corrected chi connectivity index (χ0v) is 19.3. The molecule has 3 heterocycles. The molecule has 0 unspecified atom stereocenters. The van der Waals surface area contributed by atoms with Crippen LogP contribution in [0.4, 0.5) is 0 Å². The summed E-state index contributed by atoms with van der Waals surface area (Å²) < 4.78 is 7.87. The Morgan fingerprint density at radius 1 is 1.33 bits per heavy atom. The molecule has 10 nitrogen and oxygen atoms in total. The number of carbonyl (C=O) groups is 2. The zero-order valence-electron chi connectivity index (χ0n) is 19.3. The topological polar surface area (TPSA) is 118 Å². The molecule has 0 bridgehead atoms. The standard InChI is InChI=1S/C23H31N5O5/c1-14(2)12-27-21-15(6-9-18(29)26-10-4-5-17(26)13-33-3)11-24-28(21)23(32)19(22(27)31)20(30)25-16-7-8-16/h6,9,11,14,16-17,32H,4-5,7-8,10,12-13H2,1-3H3,(H,25,30)/b9-6+/t17-/m1/s1. The normalized spacial score (nSPS) is 18.7. The van der Waals surface area contributed by atoms with Gasteiger partial charge in [0.05, 0.1) is 18.8 Å². The van der Waals surface area contributed by atoms with Crippen LogP contribution in [0.25, 0.3) is 11.7 Å². The van der Waals surface area contributed by atoms with Crippen LogP contribution >= 0.6 is 0 Å². The molecule has 0 spiro atoms. The highest BCUT2D eigenvalue weighted by molar-refractivity contribution is 5.97. The van der Waals surface area contributed by atoms with Crippen LogP contribution in [-0.4, -0.2) is 68.3 Å². The Labute approximate surface area is 191 Å². The quantitative estimate of drug-likeness (QED) is 0.579. The average Bonchev–Trinajstić information content (AvgIpc) is 3.28. The van der Waals surface area contributed by atoms with Gasteiger partial charge in [0.1, 0.15) is 5.65 Å². The molecule has 2 aromatic heterocycles. The van der Waals surface area contributed by atoms with Gasteiger partial charge in [0.15, 0.2) is 5.56 Å². The molecular weight excluding hydrogens is 426 g/mol.